The van der Waals surface area contributed by atoms with Crippen molar-refractivity contribution >= 4 is 22.1 Å². The number of hydrogen-bond donors (Lipinski definition) is 0. The van der Waals surface area contributed by atoms with Gasteiger partial charge in [0.1, 0.15) is 25.0 Å². The lowest BCUT2D eigenvalue weighted by atomic mass is 10.1. The van der Waals surface area contributed by atoms with E-state index in [0.717, 1.165) is 32.5 Å². The minimum absolute atomic E-state index is 0.545. The summed E-state index contributed by atoms with van der Waals surface area (Å²) < 4.78 is 8.64. The molecule has 0 radical (unpaired) electrons. The molecule has 0 spiro atoms. The van der Waals surface area contributed by atoms with Gasteiger partial charge in [0.25, 0.3) is 0 Å². The van der Waals surface area contributed by atoms with Crippen LogP contribution in [-0.2, 0) is 6.61 Å². The molecule has 0 bridgehead atoms. The van der Waals surface area contributed by atoms with Crippen molar-refractivity contribution in [3.05, 3.63) is 75.8 Å². The normalized spacial score (nSPS) is 11.1. The summed E-state index contributed by atoms with van der Waals surface area (Å²) >= 11 is 3.44. The van der Waals surface area contributed by atoms with Gasteiger partial charge in [-0.05, 0) is 60.4 Å². The molecule has 0 unspecified atom stereocenters. The van der Waals surface area contributed by atoms with Gasteiger partial charge in [0.05, 0.1) is 6.21 Å². The number of ether oxygens (including phenoxy) is 1. The van der Waals surface area contributed by atoms with Crippen LogP contribution in [0.1, 0.15) is 22.3 Å². The lowest BCUT2D eigenvalue weighted by molar-refractivity contribution is 0.302. The zero-order valence-electron chi connectivity index (χ0n) is 13.5. The molecule has 0 fully saturated rings. The van der Waals surface area contributed by atoms with Crippen molar-refractivity contribution < 1.29 is 4.74 Å². The molecule has 1 heterocycles. The molecule has 6 heteroatoms. The van der Waals surface area contributed by atoms with E-state index in [1.807, 2.05) is 26.0 Å². The predicted octanol–water partition coefficient (Wildman–Crippen LogP) is 4.12. The molecule has 0 aliphatic heterocycles. The first-order valence-electron chi connectivity index (χ1n) is 7.49. The fourth-order valence-corrected chi connectivity index (χ4v) is 2.67. The molecule has 0 aliphatic carbocycles. The number of aryl methyl sites for hydroxylation is 2. The maximum absolute atomic E-state index is 6.01. The van der Waals surface area contributed by atoms with Crippen molar-refractivity contribution in [2.75, 3.05) is 0 Å². The molecular weight excluding hydrogens is 368 g/mol. The summed E-state index contributed by atoms with van der Waals surface area (Å²) in [5.74, 6) is 0.916. The van der Waals surface area contributed by atoms with Crippen molar-refractivity contribution in [3.63, 3.8) is 0 Å². The fraction of sp³-hybridized carbons (Fsp3) is 0.167. The van der Waals surface area contributed by atoms with Gasteiger partial charge in [0.15, 0.2) is 0 Å². The average Bonchev–Trinajstić information content (AvgIpc) is 3.07. The van der Waals surface area contributed by atoms with Gasteiger partial charge in [-0.25, -0.2) is 4.68 Å². The third-order valence-electron chi connectivity index (χ3n) is 3.53. The maximum atomic E-state index is 6.01. The Kier molecular flexibility index (Phi) is 5.05. The predicted molar refractivity (Wildman–Crippen MR) is 97.4 cm³/mol. The fourth-order valence-electron chi connectivity index (χ4n) is 2.41. The van der Waals surface area contributed by atoms with Crippen LogP contribution in [0.15, 0.2) is 58.6 Å². The lowest BCUT2D eigenvalue weighted by Gasteiger charge is -2.13. The van der Waals surface area contributed by atoms with Gasteiger partial charge < -0.3 is 4.74 Å². The van der Waals surface area contributed by atoms with Gasteiger partial charge in [0, 0.05) is 4.47 Å². The number of benzene rings is 2. The molecule has 0 N–H and O–H groups in total. The first kappa shape index (κ1) is 16.4. The first-order chi connectivity index (χ1) is 11.6. The van der Waals surface area contributed by atoms with Crippen molar-refractivity contribution in [1.82, 2.24) is 14.9 Å². The van der Waals surface area contributed by atoms with Crippen LogP contribution in [0.4, 0.5) is 0 Å². The zero-order valence-corrected chi connectivity index (χ0v) is 15.1. The summed E-state index contributed by atoms with van der Waals surface area (Å²) in [5, 5.41) is 11.7. The van der Waals surface area contributed by atoms with Gasteiger partial charge in [-0.3, -0.25) is 0 Å². The maximum Gasteiger partial charge on any atom is 0.141 e. The molecule has 0 aliphatic rings. The van der Waals surface area contributed by atoms with Gasteiger partial charge >= 0.3 is 0 Å². The Morgan fingerprint density at radius 2 is 1.71 bits per heavy atom. The Bertz CT molecular complexity index is 819. The monoisotopic (exact) mass is 384 g/mol. The highest BCUT2D eigenvalue weighted by Gasteiger charge is 2.06. The molecular formula is C18H17BrN4O. The molecule has 0 saturated heterocycles. The standard InChI is InChI=1S/C18H17BrN4O/c1-13-7-16(9-22-23-11-20-21-12-23)8-14(2)18(13)24-10-15-3-5-17(19)6-4-15/h3-9,11-12H,10H2,1-2H3/b22-9-. The highest BCUT2D eigenvalue weighted by molar-refractivity contribution is 9.10. The topological polar surface area (TPSA) is 52.3 Å². The summed E-state index contributed by atoms with van der Waals surface area (Å²) in [6.07, 6.45) is 4.87. The van der Waals surface area contributed by atoms with E-state index < -0.39 is 0 Å². The highest BCUT2D eigenvalue weighted by Crippen LogP contribution is 2.25. The van der Waals surface area contributed by atoms with Gasteiger partial charge in [-0.2, -0.15) is 5.10 Å². The molecule has 1 aromatic heterocycles. The Labute approximate surface area is 149 Å². The van der Waals surface area contributed by atoms with Gasteiger partial charge in [-0.15, -0.1) is 10.2 Å². The highest BCUT2D eigenvalue weighted by atomic mass is 79.9. The van der Waals surface area contributed by atoms with Crippen molar-refractivity contribution in [2.45, 2.75) is 20.5 Å². The van der Waals surface area contributed by atoms with Crippen LogP contribution < -0.4 is 4.74 Å². The van der Waals surface area contributed by atoms with Gasteiger partial charge in [-0.1, -0.05) is 28.1 Å². The number of aromatic nitrogens is 3. The Hall–Kier alpha value is -2.47. The van der Waals surface area contributed by atoms with E-state index in [2.05, 4.69) is 55.5 Å². The van der Waals surface area contributed by atoms with Crippen LogP contribution in [0.3, 0.4) is 0 Å². The van der Waals surface area contributed by atoms with Gasteiger partial charge in [0.2, 0.25) is 0 Å². The SMILES string of the molecule is Cc1cc(/C=N\n2cnnc2)cc(C)c1OCc1ccc(Br)cc1. The van der Waals surface area contributed by atoms with E-state index in [0.29, 0.717) is 6.61 Å². The second-order valence-electron chi connectivity index (χ2n) is 5.49. The summed E-state index contributed by atoms with van der Waals surface area (Å²) in [6, 6.07) is 12.2. The van der Waals surface area contributed by atoms with Crippen LogP contribution in [0.5, 0.6) is 5.75 Å². The molecule has 0 amide bonds. The van der Waals surface area contributed by atoms with Crippen LogP contribution in [0.25, 0.3) is 0 Å². The quantitative estimate of drug-likeness (QED) is 0.621. The molecule has 3 rings (SSSR count). The third-order valence-corrected chi connectivity index (χ3v) is 4.05. The Morgan fingerprint density at radius 1 is 1.08 bits per heavy atom. The smallest absolute Gasteiger partial charge is 0.141 e. The zero-order chi connectivity index (χ0) is 16.9. The van der Waals surface area contributed by atoms with E-state index >= 15 is 0 Å². The Balaban J connectivity index is 1.73. The summed E-state index contributed by atoms with van der Waals surface area (Å²) in [7, 11) is 0. The molecule has 0 atom stereocenters. The van der Waals surface area contributed by atoms with Crippen LogP contribution in [-0.4, -0.2) is 21.1 Å². The molecule has 24 heavy (non-hydrogen) atoms. The number of hydrogen-bond acceptors (Lipinski definition) is 4. The van der Waals surface area contributed by atoms with E-state index in [9.17, 15) is 0 Å². The lowest BCUT2D eigenvalue weighted by Crippen LogP contribution is -2.00. The van der Waals surface area contributed by atoms with Crippen LogP contribution in [0.2, 0.25) is 0 Å². The summed E-state index contributed by atoms with van der Waals surface area (Å²) in [6.45, 7) is 4.63. The van der Waals surface area contributed by atoms with Crippen LogP contribution in [0, 0.1) is 13.8 Å². The van der Waals surface area contributed by atoms with E-state index in [1.54, 1.807) is 23.5 Å². The second kappa shape index (κ2) is 7.40. The summed E-state index contributed by atoms with van der Waals surface area (Å²) in [4.78, 5) is 0. The van der Waals surface area contributed by atoms with Crippen molar-refractivity contribution in [1.29, 1.82) is 0 Å². The molecule has 5 nitrogen and oxygen atoms in total. The van der Waals surface area contributed by atoms with Crippen LogP contribution >= 0.6 is 15.9 Å². The molecule has 3 aromatic rings. The average molecular weight is 385 g/mol. The molecule has 2 aromatic carbocycles. The molecule has 122 valence electrons. The van der Waals surface area contributed by atoms with Crippen molar-refractivity contribution in [3.8, 4) is 5.75 Å². The van der Waals surface area contributed by atoms with E-state index in [1.165, 1.54) is 0 Å². The molecule has 0 saturated carbocycles. The Morgan fingerprint density at radius 3 is 2.33 bits per heavy atom. The first-order valence-corrected chi connectivity index (χ1v) is 8.28. The second-order valence-corrected chi connectivity index (χ2v) is 6.40. The minimum atomic E-state index is 0.545. The number of rotatable bonds is 5. The largest absolute Gasteiger partial charge is 0.488 e. The summed E-state index contributed by atoms with van der Waals surface area (Å²) in [5.41, 5.74) is 4.31. The van der Waals surface area contributed by atoms with E-state index in [4.69, 9.17) is 4.74 Å². The number of nitrogens with zero attached hydrogens (tertiary/aromatic N) is 4. The minimum Gasteiger partial charge on any atom is -0.488 e. The van der Waals surface area contributed by atoms with E-state index in [-0.39, 0.29) is 0 Å². The van der Waals surface area contributed by atoms with Crippen molar-refractivity contribution in [2.24, 2.45) is 5.10 Å². The third kappa shape index (κ3) is 4.08. The number of halogens is 1.